The summed E-state index contributed by atoms with van der Waals surface area (Å²) >= 11 is 6.32. The van der Waals surface area contributed by atoms with Crippen molar-refractivity contribution in [1.82, 2.24) is 14.5 Å². The minimum absolute atomic E-state index is 0.153. The Balaban J connectivity index is 2.13. The third kappa shape index (κ3) is 2.42. The van der Waals surface area contributed by atoms with Crippen LogP contribution in [-0.4, -0.2) is 14.5 Å². The minimum Gasteiger partial charge on any atom is -0.322 e. The predicted molar refractivity (Wildman–Crippen MR) is 73.9 cm³/mol. The van der Waals surface area contributed by atoms with Crippen LogP contribution in [0, 0.1) is 23.5 Å². The third-order valence-electron chi connectivity index (χ3n) is 2.95. The summed E-state index contributed by atoms with van der Waals surface area (Å²) < 4.78 is 55.1. The number of hydrogen-bond acceptors (Lipinski definition) is 3. The predicted octanol–water partition coefficient (Wildman–Crippen LogP) is 4.33. The molecule has 2 aromatic heterocycles. The first-order valence-corrected chi connectivity index (χ1v) is 7.07. The summed E-state index contributed by atoms with van der Waals surface area (Å²) in [5, 5.41) is 0.598. The van der Waals surface area contributed by atoms with Gasteiger partial charge in [-0.15, -0.1) is 0 Å². The zero-order valence-electron chi connectivity index (χ0n) is 10.9. The topological polar surface area (TPSA) is 30.7 Å². The van der Waals surface area contributed by atoms with Crippen LogP contribution in [-0.2, 0) is 7.05 Å². The highest BCUT2D eigenvalue weighted by molar-refractivity contribution is 7.99. The Morgan fingerprint density at radius 1 is 1.05 bits per heavy atom. The third-order valence-corrected chi connectivity index (χ3v) is 4.30. The first kappa shape index (κ1) is 15.1. The number of aromatic nitrogens is 3. The number of rotatable bonds is 2. The summed E-state index contributed by atoms with van der Waals surface area (Å²) in [6.45, 7) is 0. The summed E-state index contributed by atoms with van der Waals surface area (Å²) in [7, 11) is 1.61. The van der Waals surface area contributed by atoms with Crippen LogP contribution in [0.15, 0.2) is 28.3 Å². The van der Waals surface area contributed by atoms with E-state index in [0.717, 1.165) is 0 Å². The standard InChI is InChI=1S/C13H6ClF4N3S/c1-21-7-3-2-5(14)4-6(7)19-13(21)22-10-8(15)11(17)20-12(18)9(10)16/h2-4H,1H3. The van der Waals surface area contributed by atoms with Crippen LogP contribution in [0.4, 0.5) is 17.6 Å². The summed E-state index contributed by atoms with van der Waals surface area (Å²) in [4.78, 5) is 5.82. The highest BCUT2D eigenvalue weighted by atomic mass is 35.5. The Morgan fingerprint density at radius 3 is 2.32 bits per heavy atom. The van der Waals surface area contributed by atoms with E-state index in [2.05, 4.69) is 9.97 Å². The number of halogens is 5. The summed E-state index contributed by atoms with van der Waals surface area (Å²) in [5.41, 5.74) is 1.15. The molecular formula is C13H6ClF4N3S. The lowest BCUT2D eigenvalue weighted by molar-refractivity contribution is 0.383. The molecule has 3 rings (SSSR count). The highest BCUT2D eigenvalue weighted by Crippen LogP contribution is 2.34. The number of fused-ring (bicyclic) bond motifs is 1. The van der Waals surface area contributed by atoms with E-state index in [0.29, 0.717) is 27.8 Å². The number of benzene rings is 1. The van der Waals surface area contributed by atoms with Gasteiger partial charge < -0.3 is 4.57 Å². The Kier molecular flexibility index (Phi) is 3.73. The minimum atomic E-state index is -1.71. The van der Waals surface area contributed by atoms with Crippen molar-refractivity contribution in [3.05, 3.63) is 46.8 Å². The smallest absolute Gasteiger partial charge is 0.252 e. The Morgan fingerprint density at radius 2 is 1.68 bits per heavy atom. The number of hydrogen-bond donors (Lipinski definition) is 0. The first-order chi connectivity index (χ1) is 10.4. The molecular weight excluding hydrogens is 342 g/mol. The van der Waals surface area contributed by atoms with E-state index in [9.17, 15) is 17.6 Å². The van der Waals surface area contributed by atoms with Crippen molar-refractivity contribution in [2.24, 2.45) is 7.05 Å². The molecule has 0 N–H and O–H groups in total. The molecule has 3 nitrogen and oxygen atoms in total. The van der Waals surface area contributed by atoms with E-state index in [1.165, 1.54) is 4.57 Å². The fourth-order valence-corrected chi connectivity index (χ4v) is 2.97. The molecule has 0 saturated heterocycles. The molecule has 0 radical (unpaired) electrons. The molecule has 9 heteroatoms. The maximum Gasteiger partial charge on any atom is 0.252 e. The zero-order chi connectivity index (χ0) is 16.0. The summed E-state index contributed by atoms with van der Waals surface area (Å²) in [6.07, 6.45) is 0. The lowest BCUT2D eigenvalue weighted by Crippen LogP contribution is -2.03. The van der Waals surface area contributed by atoms with Crippen LogP contribution in [0.1, 0.15) is 0 Å². The van der Waals surface area contributed by atoms with E-state index in [-0.39, 0.29) is 5.16 Å². The maximum absolute atomic E-state index is 13.7. The van der Waals surface area contributed by atoms with Crippen molar-refractivity contribution in [2.45, 2.75) is 10.1 Å². The Bertz CT molecular complexity index is 871. The van der Waals surface area contributed by atoms with Gasteiger partial charge >= 0.3 is 0 Å². The van der Waals surface area contributed by atoms with Crippen LogP contribution < -0.4 is 0 Å². The van der Waals surface area contributed by atoms with Crippen LogP contribution in [0.5, 0.6) is 0 Å². The molecule has 0 unspecified atom stereocenters. The average molecular weight is 348 g/mol. The molecule has 22 heavy (non-hydrogen) atoms. The van der Waals surface area contributed by atoms with Crippen LogP contribution in [0.2, 0.25) is 5.02 Å². The number of imidazole rings is 1. The largest absolute Gasteiger partial charge is 0.322 e. The maximum atomic E-state index is 13.7. The molecule has 0 aliphatic carbocycles. The van der Waals surface area contributed by atoms with Gasteiger partial charge in [0.05, 0.1) is 15.9 Å². The van der Waals surface area contributed by atoms with E-state index in [1.807, 2.05) is 0 Å². The first-order valence-electron chi connectivity index (χ1n) is 5.88. The van der Waals surface area contributed by atoms with Crippen molar-refractivity contribution in [3.63, 3.8) is 0 Å². The van der Waals surface area contributed by atoms with Gasteiger partial charge in [0, 0.05) is 12.1 Å². The Labute approximate surface area is 130 Å². The highest BCUT2D eigenvalue weighted by Gasteiger charge is 2.23. The zero-order valence-corrected chi connectivity index (χ0v) is 12.4. The quantitative estimate of drug-likeness (QED) is 0.510. The van der Waals surface area contributed by atoms with Crippen LogP contribution >= 0.6 is 23.4 Å². The molecule has 0 saturated carbocycles. The van der Waals surface area contributed by atoms with Gasteiger partial charge in [0.15, 0.2) is 16.8 Å². The van der Waals surface area contributed by atoms with Gasteiger partial charge in [-0.2, -0.15) is 13.8 Å². The second-order valence-electron chi connectivity index (χ2n) is 4.34. The van der Waals surface area contributed by atoms with Crippen molar-refractivity contribution in [3.8, 4) is 0 Å². The van der Waals surface area contributed by atoms with Gasteiger partial charge in [-0.1, -0.05) is 11.6 Å². The molecule has 0 amide bonds. The van der Waals surface area contributed by atoms with Gasteiger partial charge in [0.1, 0.15) is 0 Å². The molecule has 0 fully saturated rings. The monoisotopic (exact) mass is 347 g/mol. The molecule has 114 valence electrons. The summed E-state index contributed by atoms with van der Waals surface area (Å²) in [6, 6.07) is 4.88. The van der Waals surface area contributed by atoms with Crippen molar-refractivity contribution in [2.75, 3.05) is 0 Å². The molecule has 0 atom stereocenters. The van der Waals surface area contributed by atoms with Crippen molar-refractivity contribution in [1.29, 1.82) is 0 Å². The van der Waals surface area contributed by atoms with Gasteiger partial charge in [-0.3, -0.25) is 0 Å². The van der Waals surface area contributed by atoms with Gasteiger partial charge in [-0.25, -0.2) is 13.8 Å². The Hall–Kier alpha value is -1.80. The molecule has 3 aromatic rings. The number of aryl methyl sites for hydroxylation is 1. The van der Waals surface area contributed by atoms with Crippen LogP contribution in [0.3, 0.4) is 0 Å². The van der Waals surface area contributed by atoms with E-state index >= 15 is 0 Å². The fraction of sp³-hybridized carbons (Fsp3) is 0.0769. The molecule has 0 bridgehead atoms. The second-order valence-corrected chi connectivity index (χ2v) is 5.75. The fourth-order valence-electron chi connectivity index (χ4n) is 1.89. The van der Waals surface area contributed by atoms with Gasteiger partial charge in [0.25, 0.3) is 11.9 Å². The molecule has 0 aliphatic heterocycles. The van der Waals surface area contributed by atoms with Gasteiger partial charge in [0.2, 0.25) is 0 Å². The molecule has 1 aromatic carbocycles. The van der Waals surface area contributed by atoms with E-state index in [1.54, 1.807) is 25.2 Å². The molecule has 0 aliphatic rings. The van der Waals surface area contributed by atoms with Crippen molar-refractivity contribution >= 4 is 34.4 Å². The average Bonchev–Trinajstić information content (AvgIpc) is 2.77. The SMILES string of the molecule is Cn1c(Sc2c(F)c(F)nc(F)c2F)nc2cc(Cl)ccc21. The lowest BCUT2D eigenvalue weighted by Gasteiger charge is -2.05. The second kappa shape index (κ2) is 5.44. The number of nitrogens with zero attached hydrogens (tertiary/aromatic N) is 3. The van der Waals surface area contributed by atoms with Gasteiger partial charge in [-0.05, 0) is 30.0 Å². The van der Waals surface area contributed by atoms with E-state index in [4.69, 9.17) is 11.6 Å². The lowest BCUT2D eigenvalue weighted by atomic mass is 10.3. The number of pyridine rings is 1. The molecule has 0 spiro atoms. The van der Waals surface area contributed by atoms with Crippen LogP contribution in [0.25, 0.3) is 11.0 Å². The van der Waals surface area contributed by atoms with Crippen molar-refractivity contribution < 1.29 is 17.6 Å². The summed E-state index contributed by atoms with van der Waals surface area (Å²) in [5.74, 6) is -6.53. The van der Waals surface area contributed by atoms with E-state index < -0.39 is 28.4 Å². The molecule has 2 heterocycles. The normalized spacial score (nSPS) is 11.4.